The monoisotopic (exact) mass is 320 g/mol. The number of carbonyl (C=O) groups excluding carboxylic acids is 1. The molecule has 0 saturated heterocycles. The molecule has 3 N–H and O–H groups in total. The summed E-state index contributed by atoms with van der Waals surface area (Å²) in [5, 5.41) is 7.60. The zero-order valence-electron chi connectivity index (χ0n) is 11.9. The Kier molecular flexibility index (Phi) is 4.79. The van der Waals surface area contributed by atoms with Gasteiger partial charge in [-0.1, -0.05) is 18.2 Å². The molecule has 0 aromatic heterocycles. The molecule has 0 bridgehead atoms. The van der Waals surface area contributed by atoms with Crippen LogP contribution in [-0.2, 0) is 14.8 Å². The van der Waals surface area contributed by atoms with Gasteiger partial charge >= 0.3 is 0 Å². The van der Waals surface area contributed by atoms with Crippen molar-refractivity contribution in [3.05, 3.63) is 54.1 Å². The zero-order chi connectivity index (χ0) is 16.2. The molecule has 7 heteroatoms. The van der Waals surface area contributed by atoms with Gasteiger partial charge in [0, 0.05) is 5.69 Å². The van der Waals surface area contributed by atoms with Gasteiger partial charge in [0.05, 0.1) is 4.90 Å². The molecule has 0 spiro atoms. The van der Waals surface area contributed by atoms with Crippen LogP contribution in [0.15, 0.2) is 53.4 Å². The van der Waals surface area contributed by atoms with Crippen LogP contribution in [0.2, 0.25) is 0 Å². The van der Waals surface area contributed by atoms with Crippen molar-refractivity contribution in [3.63, 3.8) is 0 Å². The number of nitrogens with two attached hydrogens (primary N) is 1. The average molecular weight is 320 g/mol. The van der Waals surface area contributed by atoms with E-state index in [-0.39, 0.29) is 11.5 Å². The molecular weight excluding hydrogens is 304 g/mol. The maximum Gasteiger partial charge on any atom is 0.262 e. The number of carbonyl (C=O) groups is 1. The lowest BCUT2D eigenvalue weighted by Crippen LogP contribution is -2.20. The Bertz CT molecular complexity index is 788. The van der Waals surface area contributed by atoms with Crippen molar-refractivity contribution in [1.82, 2.24) is 0 Å². The van der Waals surface area contributed by atoms with E-state index >= 15 is 0 Å². The standard InChI is InChI=1S/C15H16N2O4S/c1-11-4-2-6-13(8-11)21-10-15(18)17-12-5-3-7-14(9-12)22(16,19)20/h2-9H,10H2,1H3,(H,17,18)(H2,16,19,20). The van der Waals surface area contributed by atoms with E-state index in [1.807, 2.05) is 25.1 Å². The molecule has 2 aromatic carbocycles. The largest absolute Gasteiger partial charge is 0.484 e. The SMILES string of the molecule is Cc1cccc(OCC(=O)Nc2cccc(S(N)(=O)=O)c2)c1. The Morgan fingerprint density at radius 3 is 2.59 bits per heavy atom. The van der Waals surface area contributed by atoms with Crippen LogP contribution < -0.4 is 15.2 Å². The highest BCUT2D eigenvalue weighted by molar-refractivity contribution is 7.89. The van der Waals surface area contributed by atoms with E-state index in [0.29, 0.717) is 11.4 Å². The van der Waals surface area contributed by atoms with Gasteiger partial charge in [0.25, 0.3) is 5.91 Å². The smallest absolute Gasteiger partial charge is 0.262 e. The Hall–Kier alpha value is -2.38. The maximum absolute atomic E-state index is 11.8. The molecule has 2 aromatic rings. The molecule has 0 saturated carbocycles. The third-order valence-corrected chi connectivity index (χ3v) is 3.72. The number of nitrogens with one attached hydrogen (secondary N) is 1. The molecule has 0 atom stereocenters. The van der Waals surface area contributed by atoms with Crippen LogP contribution >= 0.6 is 0 Å². The lowest BCUT2D eigenvalue weighted by atomic mass is 10.2. The van der Waals surface area contributed by atoms with Crippen molar-refractivity contribution < 1.29 is 17.9 Å². The Labute approximate surface area is 129 Å². The zero-order valence-corrected chi connectivity index (χ0v) is 12.8. The first-order valence-electron chi connectivity index (χ1n) is 6.47. The number of hydrogen-bond donors (Lipinski definition) is 2. The minimum absolute atomic E-state index is 0.0649. The second-order valence-corrected chi connectivity index (χ2v) is 6.29. The highest BCUT2D eigenvalue weighted by Gasteiger charge is 2.09. The Balaban J connectivity index is 1.98. The lowest BCUT2D eigenvalue weighted by molar-refractivity contribution is -0.118. The molecule has 0 fully saturated rings. The molecule has 0 aliphatic heterocycles. The third kappa shape index (κ3) is 4.57. The van der Waals surface area contributed by atoms with Gasteiger partial charge in [-0.15, -0.1) is 0 Å². The molecule has 2 rings (SSSR count). The predicted octanol–water partition coefficient (Wildman–Crippen LogP) is 1.66. The topological polar surface area (TPSA) is 98.5 Å². The van der Waals surface area contributed by atoms with Crippen LogP contribution in [0.3, 0.4) is 0 Å². The number of sulfonamides is 1. The number of anilines is 1. The number of rotatable bonds is 5. The van der Waals surface area contributed by atoms with Gasteiger partial charge in [-0.05, 0) is 42.8 Å². The molecule has 1 amide bonds. The van der Waals surface area contributed by atoms with E-state index in [1.165, 1.54) is 18.2 Å². The van der Waals surface area contributed by atoms with Gasteiger partial charge < -0.3 is 10.1 Å². The van der Waals surface area contributed by atoms with Crippen molar-refractivity contribution in [3.8, 4) is 5.75 Å². The second-order valence-electron chi connectivity index (χ2n) is 4.73. The van der Waals surface area contributed by atoms with Gasteiger partial charge in [0.1, 0.15) is 5.75 Å². The first-order chi connectivity index (χ1) is 10.3. The van der Waals surface area contributed by atoms with Crippen LogP contribution in [0.25, 0.3) is 0 Å². The Morgan fingerprint density at radius 2 is 1.91 bits per heavy atom. The number of hydrogen-bond acceptors (Lipinski definition) is 4. The van der Waals surface area contributed by atoms with Crippen molar-refractivity contribution in [2.75, 3.05) is 11.9 Å². The van der Waals surface area contributed by atoms with E-state index in [9.17, 15) is 13.2 Å². The highest BCUT2D eigenvalue weighted by atomic mass is 32.2. The molecule has 0 radical (unpaired) electrons. The van der Waals surface area contributed by atoms with E-state index in [4.69, 9.17) is 9.88 Å². The summed E-state index contributed by atoms with van der Waals surface area (Å²) in [5.41, 5.74) is 1.36. The number of primary sulfonamides is 1. The fourth-order valence-corrected chi connectivity index (χ4v) is 2.36. The third-order valence-electron chi connectivity index (χ3n) is 2.81. The summed E-state index contributed by atoms with van der Waals surface area (Å²) in [6, 6.07) is 13.0. The van der Waals surface area contributed by atoms with E-state index in [2.05, 4.69) is 5.32 Å². The molecule has 22 heavy (non-hydrogen) atoms. The first kappa shape index (κ1) is 16.0. The van der Waals surface area contributed by atoms with Crippen LogP contribution in [0.1, 0.15) is 5.56 Å². The summed E-state index contributed by atoms with van der Waals surface area (Å²) in [6.07, 6.45) is 0. The van der Waals surface area contributed by atoms with Crippen molar-refractivity contribution in [2.24, 2.45) is 5.14 Å². The lowest BCUT2D eigenvalue weighted by Gasteiger charge is -2.08. The highest BCUT2D eigenvalue weighted by Crippen LogP contribution is 2.15. The molecule has 0 aliphatic carbocycles. The van der Waals surface area contributed by atoms with Crippen LogP contribution in [0.4, 0.5) is 5.69 Å². The summed E-state index contributed by atoms with van der Waals surface area (Å²) in [5.74, 6) is 0.196. The summed E-state index contributed by atoms with van der Waals surface area (Å²) < 4.78 is 27.9. The average Bonchev–Trinajstić information content (AvgIpc) is 2.45. The minimum Gasteiger partial charge on any atom is -0.484 e. The van der Waals surface area contributed by atoms with Gasteiger partial charge in [-0.25, -0.2) is 13.6 Å². The predicted molar refractivity (Wildman–Crippen MR) is 83.1 cm³/mol. The summed E-state index contributed by atoms with van der Waals surface area (Å²) in [6.45, 7) is 1.74. The minimum atomic E-state index is -3.80. The van der Waals surface area contributed by atoms with Gasteiger partial charge in [-0.2, -0.15) is 0 Å². The number of aryl methyl sites for hydroxylation is 1. The van der Waals surface area contributed by atoms with E-state index in [1.54, 1.807) is 12.1 Å². The van der Waals surface area contributed by atoms with Crippen LogP contribution in [-0.4, -0.2) is 20.9 Å². The fourth-order valence-electron chi connectivity index (χ4n) is 1.80. The molecule has 0 aliphatic rings. The normalized spacial score (nSPS) is 11.0. The maximum atomic E-state index is 11.8. The summed E-state index contributed by atoms with van der Waals surface area (Å²) >= 11 is 0. The first-order valence-corrected chi connectivity index (χ1v) is 8.01. The van der Waals surface area contributed by atoms with E-state index < -0.39 is 15.9 Å². The van der Waals surface area contributed by atoms with Crippen molar-refractivity contribution >= 4 is 21.6 Å². The van der Waals surface area contributed by atoms with Gasteiger partial charge in [0.2, 0.25) is 10.0 Å². The van der Waals surface area contributed by atoms with Crippen LogP contribution in [0.5, 0.6) is 5.75 Å². The Morgan fingerprint density at radius 1 is 1.18 bits per heavy atom. The molecule has 116 valence electrons. The van der Waals surface area contributed by atoms with Crippen LogP contribution in [0, 0.1) is 6.92 Å². The number of benzene rings is 2. The summed E-state index contributed by atoms with van der Waals surface area (Å²) in [7, 11) is -3.80. The van der Waals surface area contributed by atoms with E-state index in [0.717, 1.165) is 5.56 Å². The molecular formula is C15H16N2O4S. The van der Waals surface area contributed by atoms with Gasteiger partial charge in [-0.3, -0.25) is 4.79 Å². The summed E-state index contributed by atoms with van der Waals surface area (Å²) in [4.78, 5) is 11.7. The molecule has 6 nitrogen and oxygen atoms in total. The second kappa shape index (κ2) is 6.59. The number of amides is 1. The quantitative estimate of drug-likeness (QED) is 0.875. The molecule has 0 unspecified atom stereocenters. The fraction of sp³-hybridized carbons (Fsp3) is 0.133. The van der Waals surface area contributed by atoms with Crippen molar-refractivity contribution in [1.29, 1.82) is 0 Å². The molecule has 0 heterocycles. The van der Waals surface area contributed by atoms with Crippen molar-refractivity contribution in [2.45, 2.75) is 11.8 Å². The number of ether oxygens (including phenoxy) is 1. The van der Waals surface area contributed by atoms with Gasteiger partial charge in [0.15, 0.2) is 6.61 Å².